The summed E-state index contributed by atoms with van der Waals surface area (Å²) in [7, 11) is 4.19. The van der Waals surface area contributed by atoms with Gasteiger partial charge in [-0.3, -0.25) is 4.90 Å². The molecule has 1 aromatic heterocycles. The number of hydrogen-bond acceptors (Lipinski definition) is 6. The van der Waals surface area contributed by atoms with E-state index < -0.39 is 0 Å². The molecule has 4 rings (SSSR count). The normalized spacial score (nSPS) is 24.7. The number of aromatic nitrogens is 1. The summed E-state index contributed by atoms with van der Waals surface area (Å²) in [6, 6.07) is 0.888. The smallest absolute Gasteiger partial charge is 0.185 e. The first-order valence-electron chi connectivity index (χ1n) is 12.5. The lowest BCUT2D eigenvalue weighted by atomic mass is 9.95. The second-order valence-corrected chi connectivity index (χ2v) is 11.2. The minimum absolute atomic E-state index is 0.835. The van der Waals surface area contributed by atoms with E-state index in [2.05, 4.69) is 44.9 Å². The van der Waals surface area contributed by atoms with Gasteiger partial charge in [-0.05, 0) is 64.1 Å². The highest BCUT2D eigenvalue weighted by atomic mass is 32.1. The molecule has 3 heterocycles. The zero-order valence-electron chi connectivity index (χ0n) is 19.4. The summed E-state index contributed by atoms with van der Waals surface area (Å²) in [5.41, 5.74) is 0. The fourth-order valence-electron chi connectivity index (χ4n) is 5.71. The molecule has 3 fully saturated rings. The van der Waals surface area contributed by atoms with Crippen LogP contribution in [-0.4, -0.2) is 85.6 Å². The number of piperidine rings is 2. The van der Waals surface area contributed by atoms with Gasteiger partial charge in [-0.25, -0.2) is 4.98 Å². The third kappa shape index (κ3) is 6.41. The van der Waals surface area contributed by atoms with Crippen LogP contribution < -0.4 is 4.90 Å². The second-order valence-electron chi connectivity index (χ2n) is 10.1. The van der Waals surface area contributed by atoms with Crippen LogP contribution in [0.3, 0.4) is 0 Å². The van der Waals surface area contributed by atoms with Crippen molar-refractivity contribution < 1.29 is 0 Å². The van der Waals surface area contributed by atoms with Gasteiger partial charge in [0.2, 0.25) is 0 Å². The van der Waals surface area contributed by atoms with Crippen LogP contribution in [0.4, 0.5) is 5.13 Å². The monoisotopic (exact) mass is 433 g/mol. The van der Waals surface area contributed by atoms with Gasteiger partial charge in [0.15, 0.2) is 5.13 Å². The second kappa shape index (κ2) is 11.3. The minimum Gasteiger partial charge on any atom is -0.354 e. The van der Waals surface area contributed by atoms with Gasteiger partial charge in [-0.15, -0.1) is 11.3 Å². The molecule has 1 atom stereocenters. The van der Waals surface area contributed by atoms with Gasteiger partial charge >= 0.3 is 0 Å². The van der Waals surface area contributed by atoms with Gasteiger partial charge in [0.25, 0.3) is 0 Å². The Labute approximate surface area is 188 Å². The van der Waals surface area contributed by atoms with Crippen LogP contribution >= 0.6 is 11.3 Å². The van der Waals surface area contributed by atoms with Crippen LogP contribution in [0, 0.1) is 5.92 Å². The van der Waals surface area contributed by atoms with Crippen molar-refractivity contribution in [1.29, 1.82) is 0 Å². The van der Waals surface area contributed by atoms with Crippen molar-refractivity contribution >= 4 is 16.5 Å². The van der Waals surface area contributed by atoms with Crippen molar-refractivity contribution in [3.8, 4) is 0 Å². The Morgan fingerprint density at radius 3 is 2.53 bits per heavy atom. The molecule has 1 aromatic rings. The number of anilines is 1. The predicted molar refractivity (Wildman–Crippen MR) is 129 cm³/mol. The van der Waals surface area contributed by atoms with Crippen molar-refractivity contribution in [2.75, 3.05) is 64.8 Å². The average Bonchev–Trinajstić information content (AvgIpc) is 3.45. The highest BCUT2D eigenvalue weighted by Crippen LogP contribution is 2.29. The Kier molecular flexibility index (Phi) is 8.44. The summed E-state index contributed by atoms with van der Waals surface area (Å²) >= 11 is 1.86. The molecule has 2 saturated heterocycles. The maximum Gasteiger partial charge on any atom is 0.185 e. The molecule has 2 aliphatic heterocycles. The SMILES string of the molecule is CN(C)c1ncc(CN(CCN2CCCCC2)C[C@@H]2CCCN(C3CCCC3)C2)s1. The van der Waals surface area contributed by atoms with E-state index in [4.69, 9.17) is 0 Å². The van der Waals surface area contributed by atoms with E-state index in [1.54, 1.807) is 0 Å². The van der Waals surface area contributed by atoms with E-state index in [0.29, 0.717) is 0 Å². The van der Waals surface area contributed by atoms with Crippen LogP contribution in [0.2, 0.25) is 0 Å². The zero-order valence-corrected chi connectivity index (χ0v) is 20.2. The van der Waals surface area contributed by atoms with E-state index in [-0.39, 0.29) is 0 Å². The number of hydrogen-bond donors (Lipinski definition) is 0. The molecule has 0 unspecified atom stereocenters. The maximum absolute atomic E-state index is 4.63. The lowest BCUT2D eigenvalue weighted by Crippen LogP contribution is -2.46. The average molecular weight is 434 g/mol. The molecule has 1 saturated carbocycles. The molecule has 0 spiro atoms. The van der Waals surface area contributed by atoms with Gasteiger partial charge in [0.05, 0.1) is 0 Å². The largest absolute Gasteiger partial charge is 0.354 e. The van der Waals surface area contributed by atoms with Crippen LogP contribution in [0.5, 0.6) is 0 Å². The predicted octanol–water partition coefficient (Wildman–Crippen LogP) is 4.15. The topological polar surface area (TPSA) is 25.9 Å². The van der Waals surface area contributed by atoms with Crippen molar-refractivity contribution in [2.24, 2.45) is 5.92 Å². The summed E-state index contributed by atoms with van der Waals surface area (Å²) in [5, 5.41) is 1.13. The van der Waals surface area contributed by atoms with E-state index >= 15 is 0 Å². The Morgan fingerprint density at radius 1 is 1.00 bits per heavy atom. The zero-order chi connectivity index (χ0) is 20.8. The third-order valence-corrected chi connectivity index (χ3v) is 8.54. The molecule has 6 heteroatoms. The molecule has 3 aliphatic rings. The van der Waals surface area contributed by atoms with E-state index in [1.165, 1.54) is 108 Å². The fraction of sp³-hybridized carbons (Fsp3) is 0.875. The summed E-state index contributed by atoms with van der Waals surface area (Å²) in [4.78, 5) is 16.5. The van der Waals surface area contributed by atoms with Crippen LogP contribution in [0.15, 0.2) is 6.20 Å². The molecule has 0 aromatic carbocycles. The Morgan fingerprint density at radius 2 is 1.80 bits per heavy atom. The Hall–Kier alpha value is -0.690. The summed E-state index contributed by atoms with van der Waals surface area (Å²) in [6.45, 7) is 10.0. The van der Waals surface area contributed by atoms with Crippen molar-refractivity contribution in [1.82, 2.24) is 19.7 Å². The van der Waals surface area contributed by atoms with Crippen molar-refractivity contribution in [3.63, 3.8) is 0 Å². The first-order chi connectivity index (χ1) is 14.7. The standard InChI is InChI=1S/C24H43N5S/c1-26(2)24-25-17-23(30-24)20-28(16-15-27-12-6-3-7-13-27)18-21-9-8-14-29(19-21)22-10-4-5-11-22/h17,21-22H,3-16,18-20H2,1-2H3/t21-/m0/s1. The van der Waals surface area contributed by atoms with Crippen LogP contribution in [0.1, 0.15) is 62.7 Å². The molecular weight excluding hydrogens is 390 g/mol. The number of thiazole rings is 1. The molecule has 0 radical (unpaired) electrons. The van der Waals surface area contributed by atoms with Gasteiger partial charge in [0, 0.05) is 63.9 Å². The quantitative estimate of drug-likeness (QED) is 0.583. The molecule has 1 aliphatic carbocycles. The molecule has 0 amide bonds. The van der Waals surface area contributed by atoms with Gasteiger partial charge in [-0.1, -0.05) is 19.3 Å². The maximum atomic E-state index is 4.63. The number of rotatable bonds is 9. The molecule has 0 N–H and O–H groups in total. The minimum atomic E-state index is 0.835. The van der Waals surface area contributed by atoms with Crippen LogP contribution in [-0.2, 0) is 6.54 Å². The molecule has 0 bridgehead atoms. The first-order valence-corrected chi connectivity index (χ1v) is 13.3. The Bertz CT molecular complexity index is 621. The molecular formula is C24H43N5S. The third-order valence-electron chi connectivity index (χ3n) is 7.39. The first kappa shape index (κ1) is 22.5. The van der Waals surface area contributed by atoms with Crippen molar-refractivity contribution in [2.45, 2.75) is 70.4 Å². The molecule has 30 heavy (non-hydrogen) atoms. The lowest BCUT2D eigenvalue weighted by molar-refractivity contribution is 0.0915. The fourth-order valence-corrected chi connectivity index (χ4v) is 6.59. The summed E-state index contributed by atoms with van der Waals surface area (Å²) in [5.74, 6) is 0.835. The highest BCUT2D eigenvalue weighted by molar-refractivity contribution is 7.15. The Balaban J connectivity index is 1.35. The number of likely N-dealkylation sites (tertiary alicyclic amines) is 2. The van der Waals surface area contributed by atoms with Crippen LogP contribution in [0.25, 0.3) is 0 Å². The summed E-state index contributed by atoms with van der Waals surface area (Å²) in [6.07, 6.45) is 14.9. The van der Waals surface area contributed by atoms with E-state index in [0.717, 1.165) is 23.6 Å². The lowest BCUT2D eigenvalue weighted by Gasteiger charge is -2.39. The number of nitrogens with zero attached hydrogens (tertiary/aromatic N) is 5. The van der Waals surface area contributed by atoms with Gasteiger partial charge < -0.3 is 14.7 Å². The van der Waals surface area contributed by atoms with E-state index in [9.17, 15) is 0 Å². The van der Waals surface area contributed by atoms with Gasteiger partial charge in [0.1, 0.15) is 0 Å². The van der Waals surface area contributed by atoms with Gasteiger partial charge in [-0.2, -0.15) is 0 Å². The van der Waals surface area contributed by atoms with E-state index in [1.807, 2.05) is 11.3 Å². The molecule has 5 nitrogen and oxygen atoms in total. The summed E-state index contributed by atoms with van der Waals surface area (Å²) < 4.78 is 0. The highest BCUT2D eigenvalue weighted by Gasteiger charge is 2.29. The molecule has 170 valence electrons. The van der Waals surface area contributed by atoms with Crippen molar-refractivity contribution in [3.05, 3.63) is 11.1 Å².